The molecule has 0 amide bonds. The summed E-state index contributed by atoms with van der Waals surface area (Å²) in [5.41, 5.74) is 0.190. The second-order valence-electron chi connectivity index (χ2n) is 5.55. The normalized spacial score (nSPS) is 18.6. The maximum Gasteiger partial charge on any atom is 0.339 e. The summed E-state index contributed by atoms with van der Waals surface area (Å²) in [5, 5.41) is 12.7. The highest BCUT2D eigenvalue weighted by molar-refractivity contribution is 6.29. The predicted octanol–water partition coefficient (Wildman–Crippen LogP) is 3.28. The molecule has 0 unspecified atom stereocenters. The molecule has 0 aromatic carbocycles. The fourth-order valence-corrected chi connectivity index (χ4v) is 2.87. The van der Waals surface area contributed by atoms with Crippen LogP contribution < -0.4 is 5.32 Å². The molecular weight excluding hydrogens is 264 g/mol. The van der Waals surface area contributed by atoms with E-state index < -0.39 is 5.97 Å². The van der Waals surface area contributed by atoms with Crippen LogP contribution in [0, 0.1) is 17.8 Å². The molecule has 0 spiro atoms. The Hall–Kier alpha value is -1.29. The first-order chi connectivity index (χ1) is 9.15. The van der Waals surface area contributed by atoms with Crippen molar-refractivity contribution in [2.75, 3.05) is 11.9 Å². The number of aromatic carboxylic acids is 1. The first-order valence-corrected chi connectivity index (χ1v) is 7.16. The number of aromatic nitrogens is 1. The lowest BCUT2D eigenvalue weighted by Crippen LogP contribution is -2.20. The molecule has 2 aliphatic rings. The minimum absolute atomic E-state index is 0.190. The molecule has 5 heteroatoms. The third kappa shape index (κ3) is 3.00. The molecule has 2 saturated carbocycles. The fraction of sp³-hybridized carbons (Fsp3) is 0.571. The van der Waals surface area contributed by atoms with Crippen molar-refractivity contribution in [1.29, 1.82) is 0 Å². The van der Waals surface area contributed by atoms with Crippen molar-refractivity contribution < 1.29 is 9.90 Å². The summed E-state index contributed by atoms with van der Waals surface area (Å²) < 4.78 is 0. The summed E-state index contributed by atoms with van der Waals surface area (Å²) in [4.78, 5) is 15.2. The lowest BCUT2D eigenvalue weighted by Gasteiger charge is -2.17. The Bertz CT molecular complexity index is 486. The van der Waals surface area contributed by atoms with Crippen LogP contribution in [-0.2, 0) is 0 Å². The number of pyridine rings is 1. The number of nitrogens with zero attached hydrogens (tertiary/aromatic N) is 1. The van der Waals surface area contributed by atoms with Gasteiger partial charge in [0.2, 0.25) is 0 Å². The number of halogens is 1. The maximum absolute atomic E-state index is 11.1. The highest BCUT2D eigenvalue weighted by Crippen LogP contribution is 2.49. The Morgan fingerprint density at radius 3 is 2.53 bits per heavy atom. The smallest absolute Gasteiger partial charge is 0.339 e. The van der Waals surface area contributed by atoms with Crippen molar-refractivity contribution in [1.82, 2.24) is 4.98 Å². The first kappa shape index (κ1) is 12.7. The monoisotopic (exact) mass is 280 g/mol. The standard InChI is InChI=1S/C14H17ClN2O2/c15-12-6-5-10(14(18)19)13(17-12)16-7-11(8-1-2-8)9-3-4-9/h5-6,8-9,11H,1-4,7H2,(H,16,17)(H,18,19). The van der Waals surface area contributed by atoms with Gasteiger partial charge in [0.15, 0.2) is 0 Å². The number of hydrogen-bond donors (Lipinski definition) is 2. The van der Waals surface area contributed by atoms with Crippen molar-refractivity contribution in [2.24, 2.45) is 17.8 Å². The van der Waals surface area contributed by atoms with Crippen molar-refractivity contribution in [2.45, 2.75) is 25.7 Å². The van der Waals surface area contributed by atoms with E-state index in [1.807, 2.05) is 0 Å². The second kappa shape index (κ2) is 5.00. The molecule has 0 saturated heterocycles. The Balaban J connectivity index is 1.71. The van der Waals surface area contributed by atoms with Gasteiger partial charge in [0.1, 0.15) is 16.5 Å². The van der Waals surface area contributed by atoms with Crippen molar-refractivity contribution >= 4 is 23.4 Å². The van der Waals surface area contributed by atoms with Gasteiger partial charge in [-0.25, -0.2) is 9.78 Å². The van der Waals surface area contributed by atoms with Crippen LogP contribution >= 0.6 is 11.6 Å². The minimum Gasteiger partial charge on any atom is -0.478 e. The molecule has 2 fully saturated rings. The molecule has 2 aliphatic carbocycles. The van der Waals surface area contributed by atoms with Crippen molar-refractivity contribution in [3.05, 3.63) is 22.8 Å². The van der Waals surface area contributed by atoms with Crippen molar-refractivity contribution in [3.63, 3.8) is 0 Å². The summed E-state index contributed by atoms with van der Waals surface area (Å²) in [6.07, 6.45) is 5.27. The summed E-state index contributed by atoms with van der Waals surface area (Å²) in [6, 6.07) is 3.01. The van der Waals surface area contributed by atoms with E-state index in [0.29, 0.717) is 16.9 Å². The number of rotatable bonds is 6. The van der Waals surface area contributed by atoms with E-state index in [1.54, 1.807) is 0 Å². The average Bonchev–Trinajstić information content (AvgIpc) is 3.24. The number of carboxylic acids is 1. The fourth-order valence-electron chi connectivity index (χ4n) is 2.72. The molecular formula is C14H17ClN2O2. The van der Waals surface area contributed by atoms with Crippen LogP contribution in [0.1, 0.15) is 36.0 Å². The summed E-state index contributed by atoms with van der Waals surface area (Å²) >= 11 is 5.84. The van der Waals surface area contributed by atoms with Crippen LogP contribution in [0.5, 0.6) is 0 Å². The Kier molecular flexibility index (Phi) is 3.35. The van der Waals surface area contributed by atoms with Crippen LogP contribution in [-0.4, -0.2) is 22.6 Å². The van der Waals surface area contributed by atoms with Gasteiger partial charge in [-0.05, 0) is 55.6 Å². The van der Waals surface area contributed by atoms with Gasteiger partial charge in [-0.2, -0.15) is 0 Å². The molecule has 0 radical (unpaired) electrons. The zero-order valence-electron chi connectivity index (χ0n) is 10.6. The Morgan fingerprint density at radius 1 is 1.37 bits per heavy atom. The lowest BCUT2D eigenvalue weighted by molar-refractivity contribution is 0.0697. The van der Waals surface area contributed by atoms with Crippen LogP contribution in [0.3, 0.4) is 0 Å². The first-order valence-electron chi connectivity index (χ1n) is 6.79. The van der Waals surface area contributed by atoms with Crippen LogP contribution in [0.15, 0.2) is 12.1 Å². The molecule has 1 aromatic heterocycles. The maximum atomic E-state index is 11.1. The lowest BCUT2D eigenvalue weighted by atomic mass is 9.98. The van der Waals surface area contributed by atoms with Gasteiger partial charge in [0, 0.05) is 6.54 Å². The van der Waals surface area contributed by atoms with Gasteiger partial charge in [-0.15, -0.1) is 0 Å². The van der Waals surface area contributed by atoms with E-state index >= 15 is 0 Å². The largest absolute Gasteiger partial charge is 0.478 e. The molecule has 0 bridgehead atoms. The van der Waals surface area contributed by atoms with Gasteiger partial charge in [0.05, 0.1) is 0 Å². The summed E-state index contributed by atoms with van der Waals surface area (Å²) in [5.74, 6) is 1.75. The Morgan fingerprint density at radius 2 is 2.00 bits per heavy atom. The molecule has 102 valence electrons. The van der Waals surface area contributed by atoms with Gasteiger partial charge < -0.3 is 10.4 Å². The van der Waals surface area contributed by atoms with E-state index in [0.717, 1.165) is 18.4 Å². The SMILES string of the molecule is O=C(O)c1ccc(Cl)nc1NCC(C1CC1)C1CC1. The molecule has 3 rings (SSSR count). The third-order valence-corrected chi connectivity index (χ3v) is 4.26. The zero-order chi connectivity index (χ0) is 13.4. The Labute approximate surface area is 117 Å². The van der Waals surface area contributed by atoms with Crippen molar-refractivity contribution in [3.8, 4) is 0 Å². The number of hydrogen-bond acceptors (Lipinski definition) is 3. The second-order valence-corrected chi connectivity index (χ2v) is 5.94. The molecule has 2 N–H and O–H groups in total. The van der Waals surface area contributed by atoms with Crippen LogP contribution in [0.2, 0.25) is 5.15 Å². The number of carboxylic acid groups (broad SMARTS) is 1. The van der Waals surface area contributed by atoms with Gasteiger partial charge in [-0.3, -0.25) is 0 Å². The van der Waals surface area contributed by atoms with E-state index in [1.165, 1.54) is 37.8 Å². The van der Waals surface area contributed by atoms with Crippen LogP contribution in [0.4, 0.5) is 5.82 Å². The van der Waals surface area contributed by atoms with E-state index in [9.17, 15) is 4.79 Å². The molecule has 1 aromatic rings. The molecule has 19 heavy (non-hydrogen) atoms. The van der Waals surface area contributed by atoms with E-state index in [4.69, 9.17) is 16.7 Å². The highest BCUT2D eigenvalue weighted by atomic mass is 35.5. The molecule has 0 atom stereocenters. The van der Waals surface area contributed by atoms with Gasteiger partial charge in [0.25, 0.3) is 0 Å². The molecule has 0 aliphatic heterocycles. The number of nitrogens with one attached hydrogen (secondary N) is 1. The highest BCUT2D eigenvalue weighted by Gasteiger charge is 2.41. The summed E-state index contributed by atoms with van der Waals surface area (Å²) in [7, 11) is 0. The van der Waals surface area contributed by atoms with Gasteiger partial charge >= 0.3 is 5.97 Å². The van der Waals surface area contributed by atoms with E-state index in [2.05, 4.69) is 10.3 Å². The number of anilines is 1. The zero-order valence-corrected chi connectivity index (χ0v) is 11.4. The van der Waals surface area contributed by atoms with Crippen LogP contribution in [0.25, 0.3) is 0 Å². The quantitative estimate of drug-likeness (QED) is 0.785. The minimum atomic E-state index is -0.971. The summed E-state index contributed by atoms with van der Waals surface area (Å²) in [6.45, 7) is 0.808. The molecule has 1 heterocycles. The third-order valence-electron chi connectivity index (χ3n) is 4.05. The predicted molar refractivity (Wildman–Crippen MR) is 73.6 cm³/mol. The molecule has 4 nitrogen and oxygen atoms in total. The topological polar surface area (TPSA) is 62.2 Å². The number of carbonyl (C=O) groups is 1. The average molecular weight is 281 g/mol. The van der Waals surface area contributed by atoms with E-state index in [-0.39, 0.29) is 5.56 Å². The van der Waals surface area contributed by atoms with Gasteiger partial charge in [-0.1, -0.05) is 11.6 Å².